The molecule has 9 heteroatoms. The van der Waals surface area contributed by atoms with E-state index in [9.17, 15) is 13.2 Å². The number of nitrogens with zero attached hydrogens (tertiary/aromatic N) is 1. The van der Waals surface area contributed by atoms with Gasteiger partial charge in [-0.25, -0.2) is 13.1 Å². The van der Waals surface area contributed by atoms with Crippen LogP contribution in [0.4, 0.5) is 0 Å². The summed E-state index contributed by atoms with van der Waals surface area (Å²) < 4.78 is 43.6. The van der Waals surface area contributed by atoms with Crippen molar-refractivity contribution < 1.29 is 27.4 Å². The number of hydrogen-bond donors (Lipinski definition) is 1. The third kappa shape index (κ3) is 6.11. The second-order valence-corrected chi connectivity index (χ2v) is 8.57. The molecule has 30 heavy (non-hydrogen) atoms. The van der Waals surface area contributed by atoms with Gasteiger partial charge in [0.05, 0.1) is 20.8 Å². The highest BCUT2D eigenvalue weighted by atomic mass is 32.2. The van der Waals surface area contributed by atoms with E-state index in [1.54, 1.807) is 52.3 Å². The molecule has 1 amide bonds. The molecule has 0 radical (unpaired) electrons. The van der Waals surface area contributed by atoms with Crippen LogP contribution in [-0.2, 0) is 10.0 Å². The second kappa shape index (κ2) is 10.3. The van der Waals surface area contributed by atoms with Crippen molar-refractivity contribution in [1.29, 1.82) is 0 Å². The molecule has 0 unspecified atom stereocenters. The summed E-state index contributed by atoms with van der Waals surface area (Å²) in [6, 6.07) is 11.2. The molecule has 0 aliphatic carbocycles. The summed E-state index contributed by atoms with van der Waals surface area (Å²) in [7, 11) is 0.777. The van der Waals surface area contributed by atoms with Gasteiger partial charge in [0.25, 0.3) is 5.91 Å². The fourth-order valence-electron chi connectivity index (χ4n) is 2.69. The molecule has 0 aliphatic rings. The molecule has 2 aromatic carbocycles. The van der Waals surface area contributed by atoms with Gasteiger partial charge >= 0.3 is 0 Å². The van der Waals surface area contributed by atoms with E-state index in [4.69, 9.17) is 14.2 Å². The van der Waals surface area contributed by atoms with Gasteiger partial charge in [0, 0.05) is 18.7 Å². The number of sulfonamides is 1. The molecular weight excluding hydrogens is 408 g/mol. The molecule has 0 heterocycles. The first-order valence-electron chi connectivity index (χ1n) is 9.40. The lowest BCUT2D eigenvalue weighted by atomic mass is 10.2. The number of carbonyl (C=O) groups is 1. The summed E-state index contributed by atoms with van der Waals surface area (Å²) in [5, 5.41) is 0. The van der Waals surface area contributed by atoms with E-state index >= 15 is 0 Å². The number of carbonyl (C=O) groups excluding carboxylic acids is 1. The quantitative estimate of drug-likeness (QED) is 0.615. The predicted molar refractivity (Wildman–Crippen MR) is 114 cm³/mol. The van der Waals surface area contributed by atoms with E-state index in [0.29, 0.717) is 12.3 Å². The summed E-state index contributed by atoms with van der Waals surface area (Å²) >= 11 is 0. The summed E-state index contributed by atoms with van der Waals surface area (Å²) in [4.78, 5) is 14.2. The number of likely N-dealkylation sites (N-methyl/N-ethyl adjacent to an activating group) is 1. The number of benzene rings is 2. The van der Waals surface area contributed by atoms with E-state index < -0.39 is 10.0 Å². The molecule has 2 rings (SSSR count). The van der Waals surface area contributed by atoms with Crippen molar-refractivity contribution in [2.75, 3.05) is 34.4 Å². The zero-order valence-corrected chi connectivity index (χ0v) is 18.7. The molecule has 1 N–H and O–H groups in total. The van der Waals surface area contributed by atoms with Crippen LogP contribution >= 0.6 is 0 Å². The number of hydrogen-bond acceptors (Lipinski definition) is 6. The van der Waals surface area contributed by atoms with Gasteiger partial charge in [-0.15, -0.1) is 0 Å². The molecule has 164 valence electrons. The van der Waals surface area contributed by atoms with Crippen molar-refractivity contribution in [3.05, 3.63) is 48.0 Å². The van der Waals surface area contributed by atoms with Crippen LogP contribution in [0, 0.1) is 0 Å². The van der Waals surface area contributed by atoms with Crippen LogP contribution in [0.1, 0.15) is 24.2 Å². The zero-order valence-electron chi connectivity index (χ0n) is 17.8. The predicted octanol–water partition coefficient (Wildman–Crippen LogP) is 2.54. The molecule has 0 spiro atoms. The molecule has 0 saturated heterocycles. The van der Waals surface area contributed by atoms with Crippen molar-refractivity contribution in [2.24, 2.45) is 0 Å². The lowest BCUT2D eigenvalue weighted by Crippen LogP contribution is -2.32. The minimum absolute atomic E-state index is 0.0765. The largest absolute Gasteiger partial charge is 0.497 e. The van der Waals surface area contributed by atoms with E-state index in [1.807, 2.05) is 0 Å². The van der Waals surface area contributed by atoms with E-state index in [0.717, 1.165) is 5.75 Å². The first-order valence-corrected chi connectivity index (χ1v) is 10.9. The Morgan fingerprint density at radius 2 is 1.67 bits per heavy atom. The van der Waals surface area contributed by atoms with Crippen molar-refractivity contribution in [3.8, 4) is 17.2 Å². The van der Waals surface area contributed by atoms with Gasteiger partial charge in [-0.3, -0.25) is 4.79 Å². The summed E-state index contributed by atoms with van der Waals surface area (Å²) in [6.07, 6.45) is 0. The fourth-order valence-corrected chi connectivity index (χ4v) is 4.13. The van der Waals surface area contributed by atoms with Crippen LogP contribution in [0.15, 0.2) is 47.4 Å². The van der Waals surface area contributed by atoms with Crippen molar-refractivity contribution in [2.45, 2.75) is 24.8 Å². The summed E-state index contributed by atoms with van der Waals surface area (Å²) in [5.41, 5.74) is 0.242. The van der Waals surface area contributed by atoms with Crippen molar-refractivity contribution in [3.63, 3.8) is 0 Å². The topological polar surface area (TPSA) is 94.2 Å². The minimum Gasteiger partial charge on any atom is -0.497 e. The van der Waals surface area contributed by atoms with Crippen LogP contribution in [0.5, 0.6) is 17.2 Å². The third-order valence-electron chi connectivity index (χ3n) is 4.19. The van der Waals surface area contributed by atoms with Crippen LogP contribution < -0.4 is 18.9 Å². The highest BCUT2D eigenvalue weighted by Crippen LogP contribution is 2.25. The molecule has 0 saturated carbocycles. The van der Waals surface area contributed by atoms with Gasteiger partial charge in [-0.05, 0) is 56.3 Å². The Morgan fingerprint density at radius 3 is 2.23 bits per heavy atom. The number of nitrogens with one attached hydrogen (secondary N) is 1. The van der Waals surface area contributed by atoms with Gasteiger partial charge < -0.3 is 19.1 Å². The Kier molecular flexibility index (Phi) is 8.08. The average Bonchev–Trinajstić information content (AvgIpc) is 2.72. The normalized spacial score (nSPS) is 11.3. The van der Waals surface area contributed by atoms with Crippen LogP contribution in [0.25, 0.3) is 0 Å². The van der Waals surface area contributed by atoms with E-state index in [1.165, 1.54) is 30.2 Å². The second-order valence-electron chi connectivity index (χ2n) is 6.89. The number of rotatable bonds is 10. The maximum Gasteiger partial charge on any atom is 0.253 e. The van der Waals surface area contributed by atoms with Gasteiger partial charge in [0.2, 0.25) is 10.0 Å². The number of ether oxygens (including phenoxy) is 3. The standard InChI is InChI=1S/C21H28N2O6S/c1-15(2)22-30(25,26)20-14-16(6-11-19(20)28-5)21(24)23(3)12-13-29-18-9-7-17(27-4)8-10-18/h6-11,14-15,22H,12-13H2,1-5H3. The first-order chi connectivity index (χ1) is 14.2. The molecule has 2 aromatic rings. The average molecular weight is 437 g/mol. The van der Waals surface area contributed by atoms with Crippen molar-refractivity contribution >= 4 is 15.9 Å². The smallest absolute Gasteiger partial charge is 0.253 e. The van der Waals surface area contributed by atoms with Gasteiger partial charge in [0.15, 0.2) is 0 Å². The maximum atomic E-state index is 12.8. The Balaban J connectivity index is 2.08. The Labute approximate surface area is 177 Å². The van der Waals surface area contributed by atoms with E-state index in [2.05, 4.69) is 4.72 Å². The molecule has 0 fully saturated rings. The highest BCUT2D eigenvalue weighted by Gasteiger charge is 2.23. The lowest BCUT2D eigenvalue weighted by molar-refractivity contribution is 0.0773. The minimum atomic E-state index is -3.82. The van der Waals surface area contributed by atoms with Crippen LogP contribution in [0.2, 0.25) is 0 Å². The van der Waals surface area contributed by atoms with Crippen molar-refractivity contribution in [1.82, 2.24) is 9.62 Å². The molecule has 0 bridgehead atoms. The summed E-state index contributed by atoms with van der Waals surface area (Å²) in [6.45, 7) is 4.04. The monoisotopic (exact) mass is 436 g/mol. The van der Waals surface area contributed by atoms with E-state index in [-0.39, 0.29) is 34.8 Å². The van der Waals surface area contributed by atoms with Crippen LogP contribution in [0.3, 0.4) is 0 Å². The lowest BCUT2D eigenvalue weighted by Gasteiger charge is -2.19. The van der Waals surface area contributed by atoms with Gasteiger partial charge in [-0.1, -0.05) is 0 Å². The third-order valence-corrected chi connectivity index (χ3v) is 5.87. The number of methoxy groups -OCH3 is 2. The number of amides is 1. The maximum absolute atomic E-state index is 12.8. The molecule has 0 aliphatic heterocycles. The first kappa shape index (κ1) is 23.5. The fraction of sp³-hybridized carbons (Fsp3) is 0.381. The Bertz CT molecular complexity index is 958. The summed E-state index contributed by atoms with van der Waals surface area (Å²) in [5.74, 6) is 1.24. The SMILES string of the molecule is COc1ccc(OCCN(C)C(=O)c2ccc(OC)c(S(=O)(=O)NC(C)C)c2)cc1. The van der Waals surface area contributed by atoms with Gasteiger partial charge in [-0.2, -0.15) is 0 Å². The highest BCUT2D eigenvalue weighted by molar-refractivity contribution is 7.89. The zero-order chi connectivity index (χ0) is 22.3. The Hall–Kier alpha value is -2.78. The van der Waals surface area contributed by atoms with Crippen LogP contribution in [-0.4, -0.2) is 59.7 Å². The Morgan fingerprint density at radius 1 is 1.03 bits per heavy atom. The molecule has 0 aromatic heterocycles. The molecular formula is C21H28N2O6S. The molecule has 0 atom stereocenters. The van der Waals surface area contributed by atoms with Gasteiger partial charge in [0.1, 0.15) is 28.8 Å². The molecule has 8 nitrogen and oxygen atoms in total.